The molecule has 0 amide bonds. The lowest BCUT2D eigenvalue weighted by molar-refractivity contribution is -0.222. The number of carbonyl (C=O) groups excluding carboxylic acids is 2. The van der Waals surface area contributed by atoms with E-state index in [2.05, 4.69) is 15.5 Å². The molecule has 0 radical (unpaired) electrons. The largest absolute Gasteiger partial charge is 0.476 e. The minimum Gasteiger partial charge on any atom is -0.476 e. The second-order valence-electron chi connectivity index (χ2n) is 5.52. The number of rotatable bonds is 3. The maximum absolute atomic E-state index is 11.8. The smallest absolute Gasteiger partial charge is 0.357 e. The normalized spacial score (nSPS) is 16.5. The number of anilines is 1. The molecule has 124 valence electrons. The van der Waals surface area contributed by atoms with Gasteiger partial charge < -0.3 is 19.9 Å². The summed E-state index contributed by atoms with van der Waals surface area (Å²) in [5.41, 5.74) is 0.591. The number of carboxylic acids is 1. The van der Waals surface area contributed by atoms with Crippen LogP contribution in [0.2, 0.25) is 0 Å². The molecule has 0 aliphatic carbocycles. The molecule has 1 aliphatic rings. The second kappa shape index (κ2) is 5.37. The molecule has 2 heterocycles. The molecule has 24 heavy (non-hydrogen) atoms. The molecule has 3 rings (SSSR count). The van der Waals surface area contributed by atoms with Crippen LogP contribution in [0.1, 0.15) is 24.3 Å². The highest BCUT2D eigenvalue weighted by atomic mass is 16.7. The number of aromatic nitrogens is 2. The van der Waals surface area contributed by atoms with E-state index in [4.69, 9.17) is 14.6 Å². The second-order valence-corrected chi connectivity index (χ2v) is 5.52. The summed E-state index contributed by atoms with van der Waals surface area (Å²) in [6.07, 6.45) is 1.15. The molecule has 0 spiro atoms. The number of benzene rings is 1. The molecule has 1 fully saturated rings. The minimum atomic E-state index is -1.31. The van der Waals surface area contributed by atoms with Gasteiger partial charge in [0.05, 0.1) is 5.52 Å². The highest BCUT2D eigenvalue weighted by Crippen LogP contribution is 2.24. The average molecular weight is 331 g/mol. The molecular formula is C15H13N3O6. The van der Waals surface area contributed by atoms with Crippen LogP contribution in [-0.2, 0) is 19.1 Å². The number of ether oxygens (including phenoxy) is 2. The van der Waals surface area contributed by atoms with Gasteiger partial charge in [0.25, 0.3) is 5.79 Å². The van der Waals surface area contributed by atoms with E-state index in [1.807, 2.05) is 0 Å². The van der Waals surface area contributed by atoms with Crippen LogP contribution in [0.4, 0.5) is 5.69 Å². The quantitative estimate of drug-likeness (QED) is 0.437. The fraction of sp³-hybridized carbons (Fsp3) is 0.200. The fourth-order valence-corrected chi connectivity index (χ4v) is 2.20. The first-order valence-electron chi connectivity index (χ1n) is 6.92. The number of cyclic esters (lactones) is 2. The topological polar surface area (TPSA) is 131 Å². The zero-order valence-electron chi connectivity index (χ0n) is 12.7. The van der Waals surface area contributed by atoms with Gasteiger partial charge in [-0.15, -0.1) is 0 Å². The predicted octanol–water partition coefficient (Wildman–Crippen LogP) is 1.39. The van der Waals surface area contributed by atoms with Crippen LogP contribution >= 0.6 is 0 Å². The number of carbonyl (C=O) groups is 3. The van der Waals surface area contributed by atoms with Crippen LogP contribution in [0.5, 0.6) is 0 Å². The summed E-state index contributed by atoms with van der Waals surface area (Å²) in [7, 11) is 0. The average Bonchev–Trinajstić information content (AvgIpc) is 2.88. The van der Waals surface area contributed by atoms with Gasteiger partial charge in [0.2, 0.25) is 0 Å². The van der Waals surface area contributed by atoms with Gasteiger partial charge >= 0.3 is 17.9 Å². The van der Waals surface area contributed by atoms with Crippen molar-refractivity contribution in [3.63, 3.8) is 0 Å². The van der Waals surface area contributed by atoms with E-state index in [1.54, 1.807) is 12.1 Å². The Morgan fingerprint density at radius 1 is 1.29 bits per heavy atom. The monoisotopic (exact) mass is 331 g/mol. The first-order valence-corrected chi connectivity index (χ1v) is 6.92. The third-order valence-electron chi connectivity index (χ3n) is 3.27. The summed E-state index contributed by atoms with van der Waals surface area (Å²) in [6, 6.07) is 4.78. The molecule has 1 aromatic heterocycles. The standard InChI is InChI=1S/C15H13N3O6/c1-15(2)23-13(21)9(14(22)24-15)6-16-7-3-4-10-8(5-7)11(12(19)20)18-17-10/h3-6,16H,1-2H3,(H,17,18)(H,19,20). The molecule has 0 saturated carbocycles. The van der Waals surface area contributed by atoms with Crippen LogP contribution < -0.4 is 5.32 Å². The van der Waals surface area contributed by atoms with Crippen molar-refractivity contribution in [2.75, 3.05) is 5.32 Å². The Morgan fingerprint density at radius 3 is 2.58 bits per heavy atom. The number of carboxylic acid groups (broad SMARTS) is 1. The maximum atomic E-state index is 11.8. The Balaban J connectivity index is 1.87. The molecule has 1 saturated heterocycles. The van der Waals surface area contributed by atoms with Crippen molar-refractivity contribution < 1.29 is 29.0 Å². The van der Waals surface area contributed by atoms with E-state index < -0.39 is 23.7 Å². The van der Waals surface area contributed by atoms with Crippen molar-refractivity contribution in [1.29, 1.82) is 0 Å². The number of fused-ring (bicyclic) bond motifs is 1. The van der Waals surface area contributed by atoms with Crippen LogP contribution in [0.25, 0.3) is 10.9 Å². The molecule has 9 heteroatoms. The van der Waals surface area contributed by atoms with Gasteiger partial charge in [-0.1, -0.05) is 0 Å². The Morgan fingerprint density at radius 2 is 1.96 bits per heavy atom. The lowest BCUT2D eigenvalue weighted by Crippen LogP contribution is -2.42. The number of hydrogen-bond donors (Lipinski definition) is 3. The van der Waals surface area contributed by atoms with Gasteiger partial charge in [-0.25, -0.2) is 14.4 Å². The summed E-state index contributed by atoms with van der Waals surface area (Å²) in [4.78, 5) is 34.8. The highest BCUT2D eigenvalue weighted by Gasteiger charge is 2.38. The molecule has 1 aromatic carbocycles. The van der Waals surface area contributed by atoms with Crippen molar-refractivity contribution in [3.05, 3.63) is 35.7 Å². The van der Waals surface area contributed by atoms with Gasteiger partial charge in [0.15, 0.2) is 11.3 Å². The predicted molar refractivity (Wildman–Crippen MR) is 81.0 cm³/mol. The van der Waals surface area contributed by atoms with E-state index >= 15 is 0 Å². The van der Waals surface area contributed by atoms with Gasteiger partial charge in [-0.2, -0.15) is 5.10 Å². The van der Waals surface area contributed by atoms with Crippen molar-refractivity contribution in [3.8, 4) is 0 Å². The Labute approximate surface area is 135 Å². The lowest BCUT2D eigenvalue weighted by Gasteiger charge is -2.29. The van der Waals surface area contributed by atoms with E-state index in [-0.39, 0.29) is 11.3 Å². The van der Waals surface area contributed by atoms with Crippen molar-refractivity contribution in [1.82, 2.24) is 10.2 Å². The summed E-state index contributed by atoms with van der Waals surface area (Å²) >= 11 is 0. The van der Waals surface area contributed by atoms with Crippen molar-refractivity contribution >= 4 is 34.5 Å². The Bertz CT molecular complexity index is 874. The zero-order valence-corrected chi connectivity index (χ0v) is 12.7. The van der Waals surface area contributed by atoms with E-state index in [0.717, 1.165) is 6.20 Å². The lowest BCUT2D eigenvalue weighted by atomic mass is 10.2. The molecule has 0 bridgehead atoms. The Kier molecular flexibility index (Phi) is 3.48. The van der Waals surface area contributed by atoms with Crippen LogP contribution in [0.15, 0.2) is 30.0 Å². The van der Waals surface area contributed by atoms with Gasteiger partial charge in [-0.3, -0.25) is 5.10 Å². The minimum absolute atomic E-state index is 0.125. The highest BCUT2D eigenvalue weighted by molar-refractivity contribution is 6.15. The third-order valence-corrected chi connectivity index (χ3v) is 3.27. The first kappa shape index (κ1) is 15.5. The summed E-state index contributed by atoms with van der Waals surface area (Å²) < 4.78 is 9.94. The summed E-state index contributed by atoms with van der Waals surface area (Å²) in [5.74, 6) is -4.09. The molecule has 2 aromatic rings. The third kappa shape index (κ3) is 2.78. The number of H-pyrrole nitrogens is 1. The zero-order chi connectivity index (χ0) is 17.5. The summed E-state index contributed by atoms with van der Waals surface area (Å²) in [5, 5.41) is 18.5. The Hall–Kier alpha value is -3.36. The molecule has 3 N–H and O–H groups in total. The number of hydrogen-bond acceptors (Lipinski definition) is 7. The number of aromatic amines is 1. The van der Waals surface area contributed by atoms with Crippen molar-refractivity contribution in [2.45, 2.75) is 19.6 Å². The summed E-state index contributed by atoms with van der Waals surface area (Å²) in [6.45, 7) is 2.90. The van der Waals surface area contributed by atoms with Crippen molar-refractivity contribution in [2.24, 2.45) is 0 Å². The number of nitrogens with one attached hydrogen (secondary N) is 2. The maximum Gasteiger partial charge on any atom is 0.357 e. The van der Waals surface area contributed by atoms with Gasteiger partial charge in [0.1, 0.15) is 0 Å². The molecule has 0 unspecified atom stereocenters. The van der Waals surface area contributed by atoms with Crippen LogP contribution in [0.3, 0.4) is 0 Å². The van der Waals surface area contributed by atoms with E-state index in [9.17, 15) is 14.4 Å². The number of esters is 2. The molecule has 9 nitrogen and oxygen atoms in total. The van der Waals surface area contributed by atoms with E-state index in [1.165, 1.54) is 19.9 Å². The van der Waals surface area contributed by atoms with Gasteiger partial charge in [-0.05, 0) is 18.2 Å². The SMILES string of the molecule is CC1(C)OC(=O)C(=CNc2ccc3[nH]nc(C(=O)O)c3c2)C(=O)O1. The van der Waals surface area contributed by atoms with Crippen LogP contribution in [0, 0.1) is 0 Å². The first-order chi connectivity index (χ1) is 11.3. The number of aromatic carboxylic acids is 1. The number of nitrogens with zero attached hydrogens (tertiary/aromatic N) is 1. The molecule has 1 aliphatic heterocycles. The fourth-order valence-electron chi connectivity index (χ4n) is 2.20. The van der Waals surface area contributed by atoms with E-state index in [0.29, 0.717) is 16.6 Å². The molecule has 0 atom stereocenters. The van der Waals surface area contributed by atoms with Crippen LogP contribution in [-0.4, -0.2) is 39.0 Å². The molecular weight excluding hydrogens is 318 g/mol. The van der Waals surface area contributed by atoms with Gasteiger partial charge in [0, 0.05) is 31.1 Å².